The van der Waals surface area contributed by atoms with Gasteiger partial charge in [-0.2, -0.15) is 13.2 Å². The number of carboxylic acid groups (broad SMARTS) is 1. The Morgan fingerprint density at radius 2 is 1.62 bits per heavy atom. The second kappa shape index (κ2) is 10.5. The van der Waals surface area contributed by atoms with Crippen LogP contribution in [0.25, 0.3) is 0 Å². The molecule has 0 aromatic heterocycles. The number of aliphatic carboxylic acids is 1. The molecule has 142 valence electrons. The lowest BCUT2D eigenvalue weighted by molar-refractivity contribution is -0.890. The zero-order chi connectivity index (χ0) is 18.8. The molecule has 0 rings (SSSR count). The van der Waals surface area contributed by atoms with Crippen LogP contribution in [0.5, 0.6) is 0 Å². The molecule has 0 aliphatic rings. The van der Waals surface area contributed by atoms with Crippen molar-refractivity contribution in [2.45, 2.75) is 31.9 Å². The summed E-state index contributed by atoms with van der Waals surface area (Å²) in [5, 5.41) is 12.2. The number of carboxylic acids is 1. The topological polar surface area (TPSA) is 72.5 Å². The average Bonchev–Trinajstić information content (AvgIpc) is 2.41. The third-order valence-corrected chi connectivity index (χ3v) is 3.71. The Balaban J connectivity index is 3.82. The van der Waals surface area contributed by atoms with Crippen molar-refractivity contribution < 1.29 is 32.3 Å². The van der Waals surface area contributed by atoms with Gasteiger partial charge in [-0.3, -0.25) is 4.79 Å². The van der Waals surface area contributed by atoms with E-state index in [-0.39, 0.29) is 13.0 Å². The molecule has 0 aliphatic carbocycles. The minimum Gasteiger partial charge on any atom is -0.550 e. The van der Waals surface area contributed by atoms with Crippen LogP contribution in [-0.2, 0) is 9.59 Å². The van der Waals surface area contributed by atoms with E-state index >= 15 is 0 Å². The van der Waals surface area contributed by atoms with Crippen LogP contribution in [0.1, 0.15) is 25.7 Å². The molecule has 24 heavy (non-hydrogen) atoms. The van der Waals surface area contributed by atoms with E-state index < -0.39 is 18.1 Å². The molecular formula is C15H28F3N3O3. The molecule has 0 unspecified atom stereocenters. The summed E-state index contributed by atoms with van der Waals surface area (Å²) in [5.41, 5.74) is 0. The van der Waals surface area contributed by atoms with Gasteiger partial charge in [-0.15, -0.1) is 0 Å². The SMILES string of the molecule is CN(CCCC(=O)[O-])CCC[N+](C)(C)CCCNC(=O)C(F)(F)F. The van der Waals surface area contributed by atoms with Gasteiger partial charge in [0.15, 0.2) is 0 Å². The fraction of sp³-hybridized carbons (Fsp3) is 0.867. The average molecular weight is 355 g/mol. The highest BCUT2D eigenvalue weighted by Crippen LogP contribution is 2.14. The predicted molar refractivity (Wildman–Crippen MR) is 81.9 cm³/mol. The van der Waals surface area contributed by atoms with Crippen LogP contribution in [0.4, 0.5) is 13.2 Å². The van der Waals surface area contributed by atoms with E-state index in [0.717, 1.165) is 19.5 Å². The molecule has 0 heterocycles. The number of hydrogen-bond donors (Lipinski definition) is 1. The minimum absolute atomic E-state index is 0.00312. The molecule has 0 fully saturated rings. The maximum atomic E-state index is 12.0. The lowest BCUT2D eigenvalue weighted by atomic mass is 10.2. The molecule has 0 radical (unpaired) electrons. The molecule has 6 nitrogen and oxygen atoms in total. The highest BCUT2D eigenvalue weighted by atomic mass is 19.4. The Kier molecular flexibility index (Phi) is 9.91. The molecule has 1 amide bonds. The zero-order valence-corrected chi connectivity index (χ0v) is 14.6. The van der Waals surface area contributed by atoms with Crippen molar-refractivity contribution in [1.82, 2.24) is 10.2 Å². The van der Waals surface area contributed by atoms with Crippen molar-refractivity contribution in [1.29, 1.82) is 0 Å². The number of nitrogens with one attached hydrogen (secondary N) is 1. The van der Waals surface area contributed by atoms with Crippen LogP contribution >= 0.6 is 0 Å². The van der Waals surface area contributed by atoms with Gasteiger partial charge in [0, 0.05) is 31.9 Å². The quantitative estimate of drug-likeness (QED) is 0.395. The molecule has 0 aromatic carbocycles. The Bertz CT molecular complexity index is 401. The first-order valence-electron chi connectivity index (χ1n) is 7.99. The number of alkyl halides is 3. The van der Waals surface area contributed by atoms with Crippen molar-refractivity contribution >= 4 is 11.9 Å². The van der Waals surface area contributed by atoms with Crippen LogP contribution in [0.2, 0.25) is 0 Å². The Morgan fingerprint density at radius 3 is 2.17 bits per heavy atom. The molecule has 0 aliphatic heterocycles. The fourth-order valence-corrected chi connectivity index (χ4v) is 2.29. The lowest BCUT2D eigenvalue weighted by Gasteiger charge is -2.30. The van der Waals surface area contributed by atoms with E-state index in [4.69, 9.17) is 0 Å². The highest BCUT2D eigenvalue weighted by molar-refractivity contribution is 5.81. The molecule has 0 bridgehead atoms. The summed E-state index contributed by atoms with van der Waals surface area (Å²) in [6.45, 7) is 3.01. The zero-order valence-electron chi connectivity index (χ0n) is 14.6. The summed E-state index contributed by atoms with van der Waals surface area (Å²) >= 11 is 0. The van der Waals surface area contributed by atoms with Crippen molar-refractivity contribution in [2.75, 3.05) is 53.9 Å². The predicted octanol–water partition coefficient (Wildman–Crippen LogP) is -0.0166. The van der Waals surface area contributed by atoms with Crippen LogP contribution < -0.4 is 10.4 Å². The van der Waals surface area contributed by atoms with Gasteiger partial charge in [-0.25, -0.2) is 0 Å². The molecule has 9 heteroatoms. The Hall–Kier alpha value is -1.35. The standard InChI is InChI=1S/C15H28F3N3O3/c1-20(9-4-7-13(22)23)10-6-12-21(2,3)11-5-8-19-14(24)15(16,17)18/h4-12H2,1-3H3,(H-,19,22,23,24). The van der Waals surface area contributed by atoms with Gasteiger partial charge in [0.2, 0.25) is 0 Å². The largest absolute Gasteiger partial charge is 0.550 e. The minimum atomic E-state index is -4.83. The number of carbonyl (C=O) groups excluding carboxylic acids is 2. The van der Waals surface area contributed by atoms with Crippen molar-refractivity contribution in [3.05, 3.63) is 0 Å². The Labute approximate surface area is 141 Å². The summed E-state index contributed by atoms with van der Waals surface area (Å²) in [4.78, 5) is 23.1. The van der Waals surface area contributed by atoms with Gasteiger partial charge >= 0.3 is 12.1 Å². The molecule has 0 saturated carbocycles. The first kappa shape index (κ1) is 22.6. The number of halogens is 3. The second-order valence-corrected chi connectivity index (χ2v) is 6.62. The third-order valence-electron chi connectivity index (χ3n) is 3.71. The van der Waals surface area contributed by atoms with Gasteiger partial charge in [-0.1, -0.05) is 0 Å². The van der Waals surface area contributed by atoms with Crippen molar-refractivity contribution in [3.63, 3.8) is 0 Å². The Morgan fingerprint density at radius 1 is 1.08 bits per heavy atom. The highest BCUT2D eigenvalue weighted by Gasteiger charge is 2.38. The first-order chi connectivity index (χ1) is 10.9. The van der Waals surface area contributed by atoms with E-state index in [1.54, 1.807) is 0 Å². The summed E-state index contributed by atoms with van der Waals surface area (Å²) < 4.78 is 36.7. The summed E-state index contributed by atoms with van der Waals surface area (Å²) in [6, 6.07) is 0. The molecule has 0 aromatic rings. The molecule has 0 saturated heterocycles. The lowest BCUT2D eigenvalue weighted by Crippen LogP contribution is -2.44. The summed E-state index contributed by atoms with van der Waals surface area (Å²) in [6.07, 6.45) is -2.86. The van der Waals surface area contributed by atoms with E-state index in [0.29, 0.717) is 30.4 Å². The number of quaternary nitrogens is 1. The van der Waals surface area contributed by atoms with Crippen molar-refractivity contribution in [3.8, 4) is 0 Å². The first-order valence-corrected chi connectivity index (χ1v) is 7.99. The van der Waals surface area contributed by atoms with Crippen LogP contribution in [0.15, 0.2) is 0 Å². The number of rotatable bonds is 12. The molecule has 1 N–H and O–H groups in total. The fourth-order valence-electron chi connectivity index (χ4n) is 2.29. The maximum Gasteiger partial charge on any atom is 0.471 e. The van der Waals surface area contributed by atoms with Gasteiger partial charge in [0.05, 0.1) is 27.2 Å². The van der Waals surface area contributed by atoms with E-state index in [1.807, 2.05) is 31.4 Å². The summed E-state index contributed by atoms with van der Waals surface area (Å²) in [5.74, 6) is -2.94. The third kappa shape index (κ3) is 12.1. The van der Waals surface area contributed by atoms with E-state index in [1.165, 1.54) is 0 Å². The summed E-state index contributed by atoms with van der Waals surface area (Å²) in [7, 11) is 5.89. The molecular weight excluding hydrogens is 327 g/mol. The van der Waals surface area contributed by atoms with Crippen molar-refractivity contribution in [2.24, 2.45) is 0 Å². The van der Waals surface area contributed by atoms with E-state index in [9.17, 15) is 27.9 Å². The molecule has 0 atom stereocenters. The van der Waals surface area contributed by atoms with Crippen LogP contribution in [0.3, 0.4) is 0 Å². The van der Waals surface area contributed by atoms with Crippen LogP contribution in [-0.4, -0.2) is 81.3 Å². The van der Waals surface area contributed by atoms with Gasteiger partial charge in [0.1, 0.15) is 0 Å². The maximum absolute atomic E-state index is 12.0. The number of hydrogen-bond acceptors (Lipinski definition) is 4. The second-order valence-electron chi connectivity index (χ2n) is 6.62. The monoisotopic (exact) mass is 355 g/mol. The number of amides is 1. The normalized spacial score (nSPS) is 12.5. The van der Waals surface area contributed by atoms with Gasteiger partial charge in [0.25, 0.3) is 0 Å². The number of nitrogens with zero attached hydrogens (tertiary/aromatic N) is 2. The molecule has 0 spiro atoms. The number of carbonyl (C=O) groups is 2. The smallest absolute Gasteiger partial charge is 0.471 e. The van der Waals surface area contributed by atoms with Crippen LogP contribution in [0, 0.1) is 0 Å². The van der Waals surface area contributed by atoms with Gasteiger partial charge < -0.3 is 24.6 Å². The van der Waals surface area contributed by atoms with E-state index in [2.05, 4.69) is 0 Å². The van der Waals surface area contributed by atoms with Gasteiger partial charge in [-0.05, 0) is 26.4 Å².